The summed E-state index contributed by atoms with van der Waals surface area (Å²) in [5, 5.41) is 11.4. The van der Waals surface area contributed by atoms with Gasteiger partial charge in [0.2, 0.25) is 0 Å². The molecular formula is C18H24O3. The fourth-order valence-electron chi connectivity index (χ4n) is 3.67. The number of benzene rings is 1. The molecule has 21 heavy (non-hydrogen) atoms. The molecule has 0 aromatic heterocycles. The van der Waals surface area contributed by atoms with Gasteiger partial charge in [0.05, 0.1) is 13.2 Å². The fraction of sp³-hybridized carbons (Fsp3) is 0.556. The molecule has 1 heterocycles. The lowest BCUT2D eigenvalue weighted by atomic mass is 9.82. The van der Waals surface area contributed by atoms with Gasteiger partial charge in [-0.1, -0.05) is 36.8 Å². The van der Waals surface area contributed by atoms with E-state index in [1.165, 1.54) is 5.57 Å². The number of hydrogen-bond donors (Lipinski definition) is 1. The Kier molecular flexibility index (Phi) is 3.47. The van der Waals surface area contributed by atoms with Crippen LogP contribution in [-0.4, -0.2) is 18.3 Å². The van der Waals surface area contributed by atoms with E-state index in [-0.39, 0.29) is 0 Å². The van der Waals surface area contributed by atoms with Gasteiger partial charge in [-0.25, -0.2) is 0 Å². The molecule has 2 atom stereocenters. The maximum atomic E-state index is 11.4. The summed E-state index contributed by atoms with van der Waals surface area (Å²) < 4.78 is 11.6. The van der Waals surface area contributed by atoms with E-state index in [9.17, 15) is 5.11 Å². The molecule has 3 rings (SSSR count). The summed E-state index contributed by atoms with van der Waals surface area (Å²) in [5.74, 6) is -0.368. The average molecular weight is 288 g/mol. The van der Waals surface area contributed by atoms with Crippen LogP contribution in [0.4, 0.5) is 0 Å². The molecule has 0 radical (unpaired) electrons. The number of aliphatic hydroxyl groups is 1. The molecule has 1 aromatic rings. The van der Waals surface area contributed by atoms with Crippen LogP contribution < -0.4 is 0 Å². The van der Waals surface area contributed by atoms with Crippen LogP contribution in [-0.2, 0) is 20.9 Å². The lowest BCUT2D eigenvalue weighted by Crippen LogP contribution is -2.32. The largest absolute Gasteiger partial charge is 0.381 e. The van der Waals surface area contributed by atoms with Crippen molar-refractivity contribution in [2.75, 3.05) is 13.2 Å². The topological polar surface area (TPSA) is 38.7 Å². The van der Waals surface area contributed by atoms with E-state index >= 15 is 0 Å². The van der Waals surface area contributed by atoms with E-state index in [0.29, 0.717) is 19.1 Å². The third-order valence-electron chi connectivity index (χ3n) is 5.25. The predicted molar refractivity (Wildman–Crippen MR) is 81.7 cm³/mol. The molecule has 2 aliphatic rings. The molecule has 0 bridgehead atoms. The highest BCUT2D eigenvalue weighted by Crippen LogP contribution is 2.49. The average Bonchev–Trinajstić information content (AvgIpc) is 3.00. The quantitative estimate of drug-likeness (QED) is 0.847. The third kappa shape index (κ3) is 2.15. The van der Waals surface area contributed by atoms with E-state index in [1.54, 1.807) is 0 Å². The van der Waals surface area contributed by atoms with Gasteiger partial charge in [0, 0.05) is 5.56 Å². The molecule has 1 aromatic carbocycles. The fourth-order valence-corrected chi connectivity index (χ4v) is 3.67. The molecule has 1 aliphatic heterocycles. The van der Waals surface area contributed by atoms with Gasteiger partial charge >= 0.3 is 0 Å². The van der Waals surface area contributed by atoms with Crippen molar-refractivity contribution >= 4 is 0 Å². The summed E-state index contributed by atoms with van der Waals surface area (Å²) in [4.78, 5) is 0. The van der Waals surface area contributed by atoms with E-state index in [4.69, 9.17) is 9.47 Å². The van der Waals surface area contributed by atoms with Gasteiger partial charge < -0.3 is 14.6 Å². The Balaban J connectivity index is 2.12. The minimum atomic E-state index is -0.918. The van der Waals surface area contributed by atoms with Crippen LogP contribution in [0.1, 0.15) is 45.2 Å². The van der Waals surface area contributed by atoms with Crippen molar-refractivity contribution in [3.63, 3.8) is 0 Å². The Morgan fingerprint density at radius 2 is 1.67 bits per heavy atom. The lowest BCUT2D eigenvalue weighted by Gasteiger charge is -2.33. The molecule has 1 aliphatic carbocycles. The second-order valence-electron chi connectivity index (χ2n) is 6.46. The van der Waals surface area contributed by atoms with Gasteiger partial charge in [0.1, 0.15) is 5.60 Å². The smallest absolute Gasteiger partial charge is 0.192 e. The van der Waals surface area contributed by atoms with E-state index < -0.39 is 11.4 Å². The summed E-state index contributed by atoms with van der Waals surface area (Å²) in [5.41, 5.74) is 3.27. The second-order valence-corrected chi connectivity index (χ2v) is 6.46. The molecule has 1 fully saturated rings. The molecular weight excluding hydrogens is 264 g/mol. The highest BCUT2D eigenvalue weighted by atomic mass is 16.7. The van der Waals surface area contributed by atoms with Gasteiger partial charge in [-0.3, -0.25) is 0 Å². The molecule has 1 saturated heterocycles. The van der Waals surface area contributed by atoms with Crippen molar-refractivity contribution in [1.29, 1.82) is 0 Å². The highest BCUT2D eigenvalue weighted by molar-refractivity contribution is 5.45. The van der Waals surface area contributed by atoms with Gasteiger partial charge in [-0.15, -0.1) is 0 Å². The number of allylic oxidation sites excluding steroid dienone is 1. The molecule has 3 heteroatoms. The Morgan fingerprint density at radius 3 is 2.19 bits per heavy atom. The first-order valence-corrected chi connectivity index (χ1v) is 7.66. The van der Waals surface area contributed by atoms with Crippen LogP contribution in [0.15, 0.2) is 35.4 Å². The second kappa shape index (κ2) is 4.94. The van der Waals surface area contributed by atoms with E-state index in [0.717, 1.165) is 23.1 Å². The standard InChI is InChI=1S/C18H24O3/c1-12-11-18(19,14(3)13(12)2)16-8-6-5-7-15(16)17(4)20-9-10-21-17/h5-8,12,19H,9-11H2,1-4H3. The Morgan fingerprint density at radius 1 is 1.10 bits per heavy atom. The molecule has 0 spiro atoms. The molecule has 0 saturated carbocycles. The Hall–Kier alpha value is -1.16. The van der Waals surface area contributed by atoms with E-state index in [1.807, 2.05) is 38.1 Å². The first kappa shape index (κ1) is 14.8. The SMILES string of the molecule is CC1=C(C)C(O)(c2ccccc2C2(C)OCCO2)CC1C. The zero-order chi connectivity index (χ0) is 15.3. The van der Waals surface area contributed by atoms with Crippen LogP contribution in [0.3, 0.4) is 0 Å². The number of ether oxygens (including phenoxy) is 2. The maximum Gasteiger partial charge on any atom is 0.192 e. The van der Waals surface area contributed by atoms with Crippen molar-refractivity contribution in [3.8, 4) is 0 Å². The minimum Gasteiger partial charge on any atom is -0.381 e. The molecule has 114 valence electrons. The lowest BCUT2D eigenvalue weighted by molar-refractivity contribution is -0.151. The molecule has 3 nitrogen and oxygen atoms in total. The monoisotopic (exact) mass is 288 g/mol. The zero-order valence-electron chi connectivity index (χ0n) is 13.3. The van der Waals surface area contributed by atoms with Crippen LogP contribution in [0.2, 0.25) is 0 Å². The predicted octanol–water partition coefficient (Wildman–Crippen LogP) is 3.47. The summed E-state index contributed by atoms with van der Waals surface area (Å²) in [6.07, 6.45) is 0.720. The zero-order valence-corrected chi connectivity index (χ0v) is 13.3. The van der Waals surface area contributed by atoms with Gasteiger partial charge in [-0.2, -0.15) is 0 Å². The van der Waals surface area contributed by atoms with Crippen molar-refractivity contribution in [2.45, 2.75) is 45.5 Å². The first-order valence-electron chi connectivity index (χ1n) is 7.66. The molecule has 0 amide bonds. The number of rotatable bonds is 2. The van der Waals surface area contributed by atoms with Crippen molar-refractivity contribution in [2.24, 2.45) is 5.92 Å². The first-order chi connectivity index (χ1) is 9.88. The summed E-state index contributed by atoms with van der Waals surface area (Å²) in [6.45, 7) is 9.44. The van der Waals surface area contributed by atoms with Crippen LogP contribution in [0.25, 0.3) is 0 Å². The van der Waals surface area contributed by atoms with Crippen molar-refractivity contribution < 1.29 is 14.6 Å². The summed E-state index contributed by atoms with van der Waals surface area (Å²) >= 11 is 0. The van der Waals surface area contributed by atoms with Crippen molar-refractivity contribution in [3.05, 3.63) is 46.5 Å². The normalized spacial score (nSPS) is 32.0. The highest BCUT2D eigenvalue weighted by Gasteiger charge is 2.45. The molecule has 2 unspecified atom stereocenters. The van der Waals surface area contributed by atoms with Crippen molar-refractivity contribution in [1.82, 2.24) is 0 Å². The summed E-state index contributed by atoms with van der Waals surface area (Å²) in [7, 11) is 0. The Bertz CT molecular complexity index is 584. The van der Waals surface area contributed by atoms with Crippen LogP contribution in [0, 0.1) is 5.92 Å². The third-order valence-corrected chi connectivity index (χ3v) is 5.25. The van der Waals surface area contributed by atoms with Crippen LogP contribution in [0.5, 0.6) is 0 Å². The maximum absolute atomic E-state index is 11.4. The van der Waals surface area contributed by atoms with Gasteiger partial charge in [0.15, 0.2) is 5.79 Å². The van der Waals surface area contributed by atoms with E-state index in [2.05, 4.69) is 13.8 Å². The molecule has 1 N–H and O–H groups in total. The minimum absolute atomic E-state index is 0.390. The Labute approximate surface area is 126 Å². The van der Waals surface area contributed by atoms with Gasteiger partial charge in [-0.05, 0) is 44.2 Å². The van der Waals surface area contributed by atoms with Gasteiger partial charge in [0.25, 0.3) is 0 Å². The summed E-state index contributed by atoms with van der Waals surface area (Å²) in [6, 6.07) is 7.95. The van der Waals surface area contributed by atoms with Crippen LogP contribution >= 0.6 is 0 Å². The number of hydrogen-bond acceptors (Lipinski definition) is 3.